The van der Waals surface area contributed by atoms with Crippen molar-refractivity contribution in [2.75, 3.05) is 24.5 Å². The van der Waals surface area contributed by atoms with E-state index in [2.05, 4.69) is 11.9 Å². The number of nitrogens with one attached hydrogen (secondary N) is 1. The smallest absolute Gasteiger partial charge is 0.240 e. The molecule has 0 bridgehead atoms. The molecular formula is C14H20N2O. The van der Waals surface area contributed by atoms with Crippen LogP contribution in [-0.2, 0) is 4.79 Å². The third-order valence-corrected chi connectivity index (χ3v) is 2.50. The summed E-state index contributed by atoms with van der Waals surface area (Å²) < 4.78 is 0. The van der Waals surface area contributed by atoms with E-state index in [1.165, 1.54) is 0 Å². The Morgan fingerprint density at radius 2 is 2.29 bits per heavy atom. The maximum absolute atomic E-state index is 12.0. The van der Waals surface area contributed by atoms with Crippen LogP contribution in [0.2, 0.25) is 0 Å². The first-order valence-electron chi connectivity index (χ1n) is 5.87. The van der Waals surface area contributed by atoms with E-state index in [1.54, 1.807) is 11.0 Å². The molecule has 1 rings (SSSR count). The minimum Gasteiger partial charge on any atom is -0.312 e. The van der Waals surface area contributed by atoms with Gasteiger partial charge < -0.3 is 10.2 Å². The molecule has 0 unspecified atom stereocenters. The summed E-state index contributed by atoms with van der Waals surface area (Å²) in [5.74, 6) is 0.0833. The summed E-state index contributed by atoms with van der Waals surface area (Å²) in [5.41, 5.74) is 2.12. The average Bonchev–Trinajstić information content (AvgIpc) is 2.30. The SMILES string of the molecule is C=CCNCC(=O)N(CC)c1cccc(C)c1. The quantitative estimate of drug-likeness (QED) is 0.602. The highest BCUT2D eigenvalue weighted by atomic mass is 16.2. The van der Waals surface area contributed by atoms with Crippen LogP contribution in [0.15, 0.2) is 36.9 Å². The molecule has 0 fully saturated rings. The second-order valence-electron chi connectivity index (χ2n) is 3.90. The monoisotopic (exact) mass is 232 g/mol. The van der Waals surface area contributed by atoms with Crippen LogP contribution in [0.4, 0.5) is 5.69 Å². The van der Waals surface area contributed by atoms with Crippen LogP contribution < -0.4 is 10.2 Å². The summed E-state index contributed by atoms with van der Waals surface area (Å²) in [7, 11) is 0. The van der Waals surface area contributed by atoms with Crippen LogP contribution in [0.1, 0.15) is 12.5 Å². The third kappa shape index (κ3) is 4.04. The fourth-order valence-electron chi connectivity index (χ4n) is 1.68. The van der Waals surface area contributed by atoms with E-state index in [1.807, 2.05) is 38.1 Å². The zero-order chi connectivity index (χ0) is 12.7. The minimum absolute atomic E-state index is 0.0833. The second kappa shape index (κ2) is 6.86. The van der Waals surface area contributed by atoms with Gasteiger partial charge in [0.1, 0.15) is 0 Å². The summed E-state index contributed by atoms with van der Waals surface area (Å²) in [6, 6.07) is 7.98. The number of likely N-dealkylation sites (N-methyl/N-ethyl adjacent to an activating group) is 1. The Labute approximate surface area is 103 Å². The first-order valence-corrected chi connectivity index (χ1v) is 5.87. The maximum atomic E-state index is 12.0. The predicted molar refractivity (Wildman–Crippen MR) is 72.3 cm³/mol. The van der Waals surface area contributed by atoms with E-state index >= 15 is 0 Å². The van der Waals surface area contributed by atoms with E-state index in [0.29, 0.717) is 19.6 Å². The van der Waals surface area contributed by atoms with Gasteiger partial charge in [-0.3, -0.25) is 4.79 Å². The van der Waals surface area contributed by atoms with Gasteiger partial charge >= 0.3 is 0 Å². The van der Waals surface area contributed by atoms with Crippen molar-refractivity contribution in [3.8, 4) is 0 Å². The number of carbonyl (C=O) groups excluding carboxylic acids is 1. The van der Waals surface area contributed by atoms with E-state index in [9.17, 15) is 4.79 Å². The molecule has 1 aromatic carbocycles. The second-order valence-corrected chi connectivity index (χ2v) is 3.90. The molecule has 17 heavy (non-hydrogen) atoms. The van der Waals surface area contributed by atoms with Crippen molar-refractivity contribution < 1.29 is 4.79 Å². The summed E-state index contributed by atoms with van der Waals surface area (Å²) in [4.78, 5) is 13.8. The molecule has 0 saturated carbocycles. The Morgan fingerprint density at radius 1 is 1.53 bits per heavy atom. The predicted octanol–water partition coefficient (Wildman–Crippen LogP) is 2.12. The van der Waals surface area contributed by atoms with Gasteiger partial charge in [-0.1, -0.05) is 18.2 Å². The Balaban J connectivity index is 2.70. The molecule has 0 spiro atoms. The van der Waals surface area contributed by atoms with Crippen molar-refractivity contribution in [3.63, 3.8) is 0 Å². The standard InChI is InChI=1S/C14H20N2O/c1-4-9-15-11-14(17)16(5-2)13-8-6-7-12(3)10-13/h4,6-8,10,15H,1,5,9,11H2,2-3H3. The van der Waals surface area contributed by atoms with Crippen LogP contribution in [0.25, 0.3) is 0 Å². The lowest BCUT2D eigenvalue weighted by molar-refractivity contribution is -0.117. The fourth-order valence-corrected chi connectivity index (χ4v) is 1.68. The lowest BCUT2D eigenvalue weighted by atomic mass is 10.2. The van der Waals surface area contributed by atoms with Gasteiger partial charge in [0.2, 0.25) is 5.91 Å². The van der Waals surface area contributed by atoms with Crippen molar-refractivity contribution in [2.45, 2.75) is 13.8 Å². The zero-order valence-corrected chi connectivity index (χ0v) is 10.6. The van der Waals surface area contributed by atoms with Gasteiger partial charge in [0.05, 0.1) is 6.54 Å². The Hall–Kier alpha value is -1.61. The van der Waals surface area contributed by atoms with Crippen molar-refractivity contribution in [1.29, 1.82) is 0 Å². The number of nitrogens with zero attached hydrogens (tertiary/aromatic N) is 1. The van der Waals surface area contributed by atoms with E-state index in [4.69, 9.17) is 0 Å². The lowest BCUT2D eigenvalue weighted by Crippen LogP contribution is -2.38. The van der Waals surface area contributed by atoms with Gasteiger partial charge in [-0.05, 0) is 31.5 Å². The molecule has 0 aliphatic carbocycles. The number of aryl methyl sites for hydroxylation is 1. The van der Waals surface area contributed by atoms with E-state index in [-0.39, 0.29) is 5.91 Å². The summed E-state index contributed by atoms with van der Waals surface area (Å²) >= 11 is 0. The number of hydrogen-bond acceptors (Lipinski definition) is 2. The number of benzene rings is 1. The number of hydrogen-bond donors (Lipinski definition) is 1. The molecule has 3 heteroatoms. The molecule has 0 heterocycles. The molecule has 0 aliphatic heterocycles. The Bertz CT molecular complexity index is 388. The van der Waals surface area contributed by atoms with Crippen molar-refractivity contribution in [1.82, 2.24) is 5.32 Å². The maximum Gasteiger partial charge on any atom is 0.240 e. The zero-order valence-electron chi connectivity index (χ0n) is 10.6. The normalized spacial score (nSPS) is 10.0. The summed E-state index contributed by atoms with van der Waals surface area (Å²) in [6.07, 6.45) is 1.75. The molecule has 1 N–H and O–H groups in total. The van der Waals surface area contributed by atoms with Gasteiger partial charge in [-0.2, -0.15) is 0 Å². The van der Waals surface area contributed by atoms with Gasteiger partial charge in [0, 0.05) is 18.8 Å². The summed E-state index contributed by atoms with van der Waals surface area (Å²) in [5, 5.41) is 3.02. The molecule has 92 valence electrons. The highest BCUT2D eigenvalue weighted by molar-refractivity contribution is 5.94. The first-order chi connectivity index (χ1) is 8.19. The fraction of sp³-hybridized carbons (Fsp3) is 0.357. The van der Waals surface area contributed by atoms with Crippen LogP contribution >= 0.6 is 0 Å². The molecule has 0 saturated heterocycles. The van der Waals surface area contributed by atoms with Gasteiger partial charge in [-0.15, -0.1) is 6.58 Å². The molecule has 0 aliphatic rings. The number of rotatable bonds is 6. The largest absolute Gasteiger partial charge is 0.312 e. The van der Waals surface area contributed by atoms with Crippen LogP contribution in [0.3, 0.4) is 0 Å². The number of amides is 1. The number of anilines is 1. The lowest BCUT2D eigenvalue weighted by Gasteiger charge is -2.21. The average molecular weight is 232 g/mol. The summed E-state index contributed by atoms with van der Waals surface area (Å²) in [6.45, 7) is 9.28. The van der Waals surface area contributed by atoms with E-state index < -0.39 is 0 Å². The van der Waals surface area contributed by atoms with Gasteiger partial charge in [0.25, 0.3) is 0 Å². The molecule has 1 amide bonds. The van der Waals surface area contributed by atoms with Crippen molar-refractivity contribution in [3.05, 3.63) is 42.5 Å². The minimum atomic E-state index is 0.0833. The topological polar surface area (TPSA) is 32.3 Å². The molecule has 0 aromatic heterocycles. The molecule has 1 aromatic rings. The van der Waals surface area contributed by atoms with Crippen molar-refractivity contribution in [2.24, 2.45) is 0 Å². The molecule has 3 nitrogen and oxygen atoms in total. The molecule has 0 atom stereocenters. The Morgan fingerprint density at radius 3 is 2.88 bits per heavy atom. The van der Waals surface area contributed by atoms with Gasteiger partial charge in [0.15, 0.2) is 0 Å². The van der Waals surface area contributed by atoms with Crippen LogP contribution in [-0.4, -0.2) is 25.5 Å². The highest BCUT2D eigenvalue weighted by Crippen LogP contribution is 2.15. The third-order valence-electron chi connectivity index (χ3n) is 2.50. The Kier molecular flexibility index (Phi) is 5.43. The van der Waals surface area contributed by atoms with Crippen molar-refractivity contribution >= 4 is 11.6 Å². The first kappa shape index (κ1) is 13.5. The molecular weight excluding hydrogens is 212 g/mol. The van der Waals surface area contributed by atoms with Crippen LogP contribution in [0, 0.1) is 6.92 Å². The van der Waals surface area contributed by atoms with Gasteiger partial charge in [-0.25, -0.2) is 0 Å². The number of carbonyl (C=O) groups is 1. The molecule has 0 radical (unpaired) electrons. The van der Waals surface area contributed by atoms with E-state index in [0.717, 1.165) is 11.3 Å². The van der Waals surface area contributed by atoms with Crippen LogP contribution in [0.5, 0.6) is 0 Å². The highest BCUT2D eigenvalue weighted by Gasteiger charge is 2.12.